The van der Waals surface area contributed by atoms with Gasteiger partial charge in [0.05, 0.1) is 0 Å². The maximum atomic E-state index is 9.17. The van der Waals surface area contributed by atoms with Gasteiger partial charge in [-0.05, 0) is 76.0 Å². The predicted octanol–water partition coefficient (Wildman–Crippen LogP) is 11.9. The summed E-state index contributed by atoms with van der Waals surface area (Å²) in [6, 6.07) is 0. The Morgan fingerprint density at radius 3 is 0.515 bits per heavy atom. The summed E-state index contributed by atoms with van der Waals surface area (Å²) in [5, 5.41) is 46.1. The van der Waals surface area contributed by atoms with Gasteiger partial charge in [0.2, 0.25) is 0 Å². The van der Waals surface area contributed by atoms with Crippen LogP contribution in [0.25, 0.3) is 0 Å². The van der Waals surface area contributed by atoms with Crippen LogP contribution < -0.4 is 29.6 Å². The number of aliphatic hydroxyl groups is 2. The van der Waals surface area contributed by atoms with Crippen molar-refractivity contribution >= 4 is 74.4 Å². The van der Waals surface area contributed by atoms with E-state index in [1.807, 2.05) is 203 Å². The Hall–Kier alpha value is 0.0648. The smallest absolute Gasteiger partial charge is 1.00 e. The molecule has 0 atom stereocenters. The van der Waals surface area contributed by atoms with Crippen LogP contribution in [0, 0.1) is 0 Å². The zero-order chi connectivity index (χ0) is 55.8. The molecular weight excluding hydrogens is 980 g/mol. The normalized spacial score (nSPS) is 5.41. The summed E-state index contributed by atoms with van der Waals surface area (Å²) in [6.45, 7) is 63.8. The Morgan fingerprint density at radius 2 is 0.515 bits per heavy atom. The minimum Gasteiger partial charge on any atom is -1.00 e. The van der Waals surface area contributed by atoms with Crippen molar-refractivity contribution < 1.29 is 86.6 Å². The van der Waals surface area contributed by atoms with E-state index in [1.54, 1.807) is 6.92 Å². The Labute approximate surface area is 467 Å². The molecule has 0 saturated carbocycles. The van der Waals surface area contributed by atoms with Crippen molar-refractivity contribution in [2.24, 2.45) is 0 Å². The number of unbranched alkanes of at least 4 members (excludes halogenated alkanes) is 1. The van der Waals surface area contributed by atoms with Crippen molar-refractivity contribution in [2.45, 2.75) is 254 Å². The molecule has 0 aliphatic carbocycles. The molecule has 0 aliphatic rings. The third-order valence-electron chi connectivity index (χ3n) is 1.67. The number of allylic oxidation sites excluding steroid dienone is 6. The number of carbonyl (C=O) groups is 3. The summed E-state index contributed by atoms with van der Waals surface area (Å²) >= 11 is 3.15. The van der Waals surface area contributed by atoms with Crippen LogP contribution in [0.15, 0.2) is 36.5 Å². The zero-order valence-corrected chi connectivity index (χ0v) is 57.2. The van der Waals surface area contributed by atoms with Crippen LogP contribution in [0.4, 0.5) is 0 Å². The molecule has 0 amide bonds. The molecule has 17 heteroatoms. The van der Waals surface area contributed by atoms with Gasteiger partial charge in [0.1, 0.15) is 18.9 Å². The fourth-order valence-electron chi connectivity index (χ4n) is 0. The number of rotatable bonds is 2. The Bertz CT molecular complexity index is 377. The van der Waals surface area contributed by atoms with E-state index >= 15 is 0 Å². The first kappa shape index (κ1) is 174. The van der Waals surface area contributed by atoms with Gasteiger partial charge in [0.15, 0.2) is 0 Å². The molecule has 0 fully saturated rings. The van der Waals surface area contributed by atoms with Crippen LogP contribution >= 0.6 is 32.9 Å². The molecule has 0 aromatic rings. The van der Waals surface area contributed by atoms with Gasteiger partial charge >= 0.3 is 43.8 Å². The van der Waals surface area contributed by atoms with Crippen molar-refractivity contribution in [1.29, 1.82) is 0 Å². The number of halogens is 2. The van der Waals surface area contributed by atoms with Gasteiger partial charge in [-0.1, -0.05) is 224 Å². The Kier molecular flexibility index (Phi) is 1590. The molecular formula is C49H136B3Br2NaO11+. The molecule has 421 valence electrons. The van der Waals surface area contributed by atoms with Crippen LogP contribution in [0.1, 0.15) is 242 Å². The van der Waals surface area contributed by atoms with E-state index in [1.165, 1.54) is 46.8 Å². The average molecular weight is 1120 g/mol. The third-order valence-corrected chi connectivity index (χ3v) is 1.67. The first-order valence-corrected chi connectivity index (χ1v) is 24.5. The van der Waals surface area contributed by atoms with Crippen LogP contribution in [0.5, 0.6) is 0 Å². The molecule has 0 heterocycles. The van der Waals surface area contributed by atoms with E-state index in [4.69, 9.17) is 39.9 Å². The SMILES string of the molecule is Br.CB(O)O.CB(O)O.CC.CC.CC.CC.CC.CC.CC.CC.CC=CC.CC=CC.CC=CC.CC=O.CC=O.CCBr.CCC.CCC=O.CCCC.CCO.CO.O.[B].[H-].[Na+].[OH3+]. The fourth-order valence-corrected chi connectivity index (χ4v) is 0. The van der Waals surface area contributed by atoms with Gasteiger partial charge in [-0.25, -0.2) is 0 Å². The summed E-state index contributed by atoms with van der Waals surface area (Å²) in [5.74, 6) is 0. The topological polar surface area (TPSA) is 237 Å². The van der Waals surface area contributed by atoms with Gasteiger partial charge in [-0.15, -0.1) is 17.0 Å². The summed E-state index contributed by atoms with van der Waals surface area (Å²) in [5.41, 5.74) is 0. The minimum absolute atomic E-state index is 0. The Morgan fingerprint density at radius 1 is 0.470 bits per heavy atom. The van der Waals surface area contributed by atoms with Crippen molar-refractivity contribution in [3.8, 4) is 0 Å². The quantitative estimate of drug-likeness (QED) is 0.0506. The summed E-state index contributed by atoms with van der Waals surface area (Å²) in [4.78, 5) is 26.8. The van der Waals surface area contributed by atoms with E-state index in [0.717, 1.165) is 31.3 Å². The van der Waals surface area contributed by atoms with E-state index < -0.39 is 14.2 Å². The molecule has 0 unspecified atom stereocenters. The maximum absolute atomic E-state index is 9.17. The number of alkyl halides is 1. The molecule has 11 nitrogen and oxygen atoms in total. The average Bonchev–Trinajstić information content (AvgIpc) is 3.31. The third kappa shape index (κ3) is 9930. The molecule has 0 saturated heterocycles. The first-order chi connectivity index (χ1) is 29.1. The molecule has 0 spiro atoms. The fraction of sp³-hybridized carbons (Fsp3) is 0.816. The number of carbonyl (C=O) groups excluding carboxylic acids is 3. The van der Waals surface area contributed by atoms with Crippen molar-refractivity contribution in [3.63, 3.8) is 0 Å². The first-order valence-electron chi connectivity index (χ1n) is 23.4. The van der Waals surface area contributed by atoms with Gasteiger partial charge in [-0.3, -0.25) is 0 Å². The zero-order valence-electron chi connectivity index (χ0n) is 52.9. The predicted molar refractivity (Wildman–Crippen MR) is 327 cm³/mol. The molecule has 11 N–H and O–H groups in total. The molecule has 0 rings (SSSR count). The molecule has 0 aliphatic heterocycles. The largest absolute Gasteiger partial charge is 1.00 e. The standard InChI is InChI=1S/C4H10.3C4H8.C3H6O.C3H8.C2H5Br.C2H6O.2C2H4O.8C2H6.2CH5BO2.CH4O.B.BrH.Na.2H2O.H/c4*1-3-4-2;1-2-3-4;1-3-2;4*1-2-3;8*1-2;2*1-2(3)4;1-2;;;;;;/h3-4H2,1-2H3;3*3-4H,1-2H3;3H,2H2,1H3;3H2,1-2H3;2H2,1H3;3H,2H2,1H3;2*2H,1H3;8*1-2H3;2*3-4H,1H3;2H,1H3;;1H;;2*1H2;/q;;;;;;;;;;;;;;;;;;;;;;;+1;;;-1/p+1. The summed E-state index contributed by atoms with van der Waals surface area (Å²) in [7, 11) is -1.33. The number of aliphatic hydroxyl groups excluding tert-OH is 2. The van der Waals surface area contributed by atoms with Crippen molar-refractivity contribution in [3.05, 3.63) is 36.5 Å². The van der Waals surface area contributed by atoms with Gasteiger partial charge in [-0.2, -0.15) is 0 Å². The van der Waals surface area contributed by atoms with Gasteiger partial charge in [0, 0.05) is 33.9 Å². The summed E-state index contributed by atoms with van der Waals surface area (Å²) < 4.78 is 0. The second-order valence-corrected chi connectivity index (χ2v) is 7.72. The van der Waals surface area contributed by atoms with Crippen molar-refractivity contribution in [1.82, 2.24) is 0 Å². The monoisotopic (exact) mass is 1110 g/mol. The van der Waals surface area contributed by atoms with E-state index in [9.17, 15) is 4.79 Å². The molecule has 0 aromatic carbocycles. The van der Waals surface area contributed by atoms with E-state index in [0.29, 0.717) is 6.42 Å². The number of hydrogen-bond acceptors (Lipinski definition) is 9. The number of aldehydes is 3. The van der Waals surface area contributed by atoms with Gasteiger partial charge < -0.3 is 57.1 Å². The van der Waals surface area contributed by atoms with Crippen molar-refractivity contribution in [2.75, 3.05) is 19.0 Å². The van der Waals surface area contributed by atoms with Crippen LogP contribution in [-0.2, 0) is 19.9 Å². The molecule has 0 bridgehead atoms. The maximum Gasteiger partial charge on any atom is 1.00 e. The number of hydrogen-bond donors (Lipinski definition) is 6. The van der Waals surface area contributed by atoms with Crippen LogP contribution in [0.2, 0.25) is 13.6 Å². The molecule has 3 radical (unpaired) electrons. The van der Waals surface area contributed by atoms with E-state index in [-0.39, 0.29) is 73.9 Å². The molecule has 66 heavy (non-hydrogen) atoms. The van der Waals surface area contributed by atoms with Gasteiger partial charge in [0.25, 0.3) is 0 Å². The summed E-state index contributed by atoms with van der Waals surface area (Å²) in [6.07, 6.45) is 18.9. The molecule has 0 aromatic heterocycles. The van der Waals surface area contributed by atoms with E-state index in [2.05, 4.69) is 43.6 Å². The second-order valence-electron chi connectivity index (χ2n) is 6.60. The second kappa shape index (κ2) is 602. The van der Waals surface area contributed by atoms with Crippen LogP contribution in [0.3, 0.4) is 0 Å². The minimum atomic E-state index is -1.17. The Balaban J connectivity index is -0.0000000100. The van der Waals surface area contributed by atoms with Crippen LogP contribution in [-0.4, -0.2) is 96.3 Å².